The molecule has 0 radical (unpaired) electrons. The van der Waals surface area contributed by atoms with Gasteiger partial charge >= 0.3 is 0 Å². The zero-order valence-electron chi connectivity index (χ0n) is 22.2. The average molecular weight is 534 g/mol. The van der Waals surface area contributed by atoms with Gasteiger partial charge in [-0.2, -0.15) is 5.10 Å². The van der Waals surface area contributed by atoms with E-state index in [4.69, 9.17) is 10.1 Å². The molecule has 10 heteroatoms. The van der Waals surface area contributed by atoms with Crippen molar-refractivity contribution >= 4 is 28.3 Å². The molecule has 38 heavy (non-hydrogen) atoms. The Labute approximate surface area is 227 Å². The standard InChI is InChI=1S/C28H35N7O2S/c1-18(36)30-28-31-23-10-9-22-24(21-4-3-11-29-16-21)32-35(25(22)26(23)38-28)17-19-5-7-20(8-6-19)27(37)34-14-12-33(2)13-15-34/h3-4,11,16,19-20H,5-10,12-15,17H2,1-2H3,(H,30,31,36). The second kappa shape index (κ2) is 10.6. The monoisotopic (exact) mass is 533 g/mol. The van der Waals surface area contributed by atoms with E-state index in [9.17, 15) is 9.59 Å². The van der Waals surface area contributed by atoms with Crippen LogP contribution in [0.2, 0.25) is 0 Å². The van der Waals surface area contributed by atoms with E-state index in [1.165, 1.54) is 23.8 Å². The van der Waals surface area contributed by atoms with E-state index in [-0.39, 0.29) is 11.8 Å². The Hall–Kier alpha value is -3.11. The van der Waals surface area contributed by atoms with Crippen molar-refractivity contribution in [2.75, 3.05) is 38.5 Å². The van der Waals surface area contributed by atoms with Gasteiger partial charge in [0.05, 0.1) is 22.0 Å². The Bertz CT molecular complexity index is 1320. The van der Waals surface area contributed by atoms with E-state index in [2.05, 4.69) is 37.9 Å². The molecule has 2 fully saturated rings. The zero-order valence-corrected chi connectivity index (χ0v) is 23.0. The fourth-order valence-electron chi connectivity index (χ4n) is 6.13. The Morgan fingerprint density at radius 3 is 2.61 bits per heavy atom. The van der Waals surface area contributed by atoms with Crippen molar-refractivity contribution in [1.29, 1.82) is 0 Å². The third-order valence-corrected chi connectivity index (χ3v) is 9.25. The molecule has 0 unspecified atom stereocenters. The molecular weight excluding hydrogens is 498 g/mol. The van der Waals surface area contributed by atoms with Crippen LogP contribution in [-0.4, -0.2) is 74.6 Å². The number of fused-ring (bicyclic) bond motifs is 3. The van der Waals surface area contributed by atoms with Crippen LogP contribution in [0, 0.1) is 11.8 Å². The molecule has 0 bridgehead atoms. The molecule has 3 aromatic rings. The number of hydrogen-bond acceptors (Lipinski definition) is 7. The van der Waals surface area contributed by atoms with Crippen LogP contribution in [0.15, 0.2) is 24.5 Å². The maximum Gasteiger partial charge on any atom is 0.225 e. The van der Waals surface area contributed by atoms with Crippen molar-refractivity contribution in [2.24, 2.45) is 11.8 Å². The predicted molar refractivity (Wildman–Crippen MR) is 148 cm³/mol. The SMILES string of the molecule is CC(=O)Nc1nc2c(s1)-c1c(c(-c3cccnc3)nn1CC1CCC(C(=O)N3CCN(C)CC3)CC1)CC2. The normalized spacial score (nSPS) is 21.6. The number of aromatic nitrogens is 4. The van der Waals surface area contributed by atoms with Crippen molar-refractivity contribution < 1.29 is 9.59 Å². The number of thiazole rings is 1. The first-order valence-corrected chi connectivity index (χ1v) is 14.5. The highest BCUT2D eigenvalue weighted by atomic mass is 32.1. The van der Waals surface area contributed by atoms with E-state index in [0.29, 0.717) is 17.0 Å². The highest BCUT2D eigenvalue weighted by Crippen LogP contribution is 2.44. The Balaban J connectivity index is 1.23. The molecule has 2 aliphatic carbocycles. The lowest BCUT2D eigenvalue weighted by Crippen LogP contribution is -2.49. The number of nitrogens with one attached hydrogen (secondary N) is 1. The van der Waals surface area contributed by atoms with Crippen molar-refractivity contribution in [3.63, 3.8) is 0 Å². The lowest BCUT2D eigenvalue weighted by molar-refractivity contribution is -0.138. The van der Waals surface area contributed by atoms with Gasteiger partial charge in [-0.05, 0) is 63.6 Å². The summed E-state index contributed by atoms with van der Waals surface area (Å²) in [5.41, 5.74) is 5.43. The number of likely N-dealkylation sites (N-methyl/N-ethyl adjacent to an activating group) is 1. The third kappa shape index (κ3) is 4.99. The number of aryl methyl sites for hydroxylation is 1. The average Bonchev–Trinajstić information content (AvgIpc) is 3.50. The second-order valence-corrected chi connectivity index (χ2v) is 11.9. The number of nitrogens with zero attached hydrogens (tertiary/aromatic N) is 6. The van der Waals surface area contributed by atoms with E-state index < -0.39 is 0 Å². The Kier molecular flexibility index (Phi) is 7.01. The zero-order chi connectivity index (χ0) is 26.2. The number of rotatable bonds is 5. The van der Waals surface area contributed by atoms with E-state index in [0.717, 1.165) is 98.8 Å². The first-order chi connectivity index (χ1) is 18.5. The molecule has 0 aromatic carbocycles. The number of amides is 2. The van der Waals surface area contributed by atoms with Gasteiger partial charge in [0.15, 0.2) is 5.13 Å². The van der Waals surface area contributed by atoms with Gasteiger partial charge in [-0.25, -0.2) is 4.98 Å². The molecule has 1 saturated heterocycles. The number of anilines is 1. The summed E-state index contributed by atoms with van der Waals surface area (Å²) in [6, 6.07) is 4.02. The van der Waals surface area contributed by atoms with Gasteiger partial charge < -0.3 is 15.1 Å². The summed E-state index contributed by atoms with van der Waals surface area (Å²) in [7, 11) is 2.12. The molecule has 200 valence electrons. The molecule has 1 N–H and O–H groups in total. The number of pyridine rings is 1. The minimum Gasteiger partial charge on any atom is -0.340 e. The molecule has 4 heterocycles. The van der Waals surface area contributed by atoms with Crippen molar-refractivity contribution in [3.8, 4) is 21.8 Å². The minimum absolute atomic E-state index is 0.108. The highest BCUT2D eigenvalue weighted by molar-refractivity contribution is 7.19. The molecule has 3 aromatic heterocycles. The first-order valence-electron chi connectivity index (χ1n) is 13.7. The van der Waals surface area contributed by atoms with Gasteiger partial charge in [0.1, 0.15) is 0 Å². The molecule has 1 aliphatic heterocycles. The molecule has 2 amide bonds. The Morgan fingerprint density at radius 2 is 1.89 bits per heavy atom. The first kappa shape index (κ1) is 25.2. The maximum absolute atomic E-state index is 13.1. The van der Waals surface area contributed by atoms with E-state index in [1.54, 1.807) is 6.20 Å². The summed E-state index contributed by atoms with van der Waals surface area (Å²) in [6.45, 7) is 5.97. The topological polar surface area (TPSA) is 96.2 Å². The summed E-state index contributed by atoms with van der Waals surface area (Å²) in [5, 5.41) is 8.66. The van der Waals surface area contributed by atoms with Crippen LogP contribution in [-0.2, 0) is 29.0 Å². The van der Waals surface area contributed by atoms with Gasteiger partial charge in [-0.1, -0.05) is 11.3 Å². The number of carbonyl (C=O) groups is 2. The number of piperazine rings is 1. The van der Waals surface area contributed by atoms with Gasteiger partial charge in [0, 0.05) is 69.1 Å². The van der Waals surface area contributed by atoms with Crippen LogP contribution in [0.3, 0.4) is 0 Å². The molecule has 9 nitrogen and oxygen atoms in total. The highest BCUT2D eigenvalue weighted by Gasteiger charge is 2.33. The number of carbonyl (C=O) groups excluding carboxylic acids is 2. The van der Waals surface area contributed by atoms with Gasteiger partial charge in [0.25, 0.3) is 0 Å². The largest absolute Gasteiger partial charge is 0.340 e. The fraction of sp³-hybridized carbons (Fsp3) is 0.536. The van der Waals surface area contributed by atoms with Crippen LogP contribution in [0.25, 0.3) is 21.8 Å². The van der Waals surface area contributed by atoms with Gasteiger partial charge in [-0.3, -0.25) is 19.3 Å². The van der Waals surface area contributed by atoms with Gasteiger partial charge in [0.2, 0.25) is 11.8 Å². The quantitative estimate of drug-likeness (QED) is 0.537. The fourth-order valence-corrected chi connectivity index (χ4v) is 7.27. The van der Waals surface area contributed by atoms with Crippen LogP contribution in [0.5, 0.6) is 0 Å². The molecular formula is C28H35N7O2S. The Morgan fingerprint density at radius 1 is 1.11 bits per heavy atom. The predicted octanol–water partition coefficient (Wildman–Crippen LogP) is 3.71. The van der Waals surface area contributed by atoms with Crippen molar-refractivity contribution in [1.82, 2.24) is 29.5 Å². The molecule has 6 rings (SSSR count). The van der Waals surface area contributed by atoms with E-state index >= 15 is 0 Å². The van der Waals surface area contributed by atoms with Crippen LogP contribution >= 0.6 is 11.3 Å². The lowest BCUT2D eigenvalue weighted by Gasteiger charge is -2.36. The molecule has 0 atom stereocenters. The summed E-state index contributed by atoms with van der Waals surface area (Å²) in [5.74, 6) is 0.876. The summed E-state index contributed by atoms with van der Waals surface area (Å²) in [6.07, 6.45) is 9.34. The molecule has 3 aliphatic rings. The molecule has 0 spiro atoms. The van der Waals surface area contributed by atoms with Gasteiger partial charge in [-0.15, -0.1) is 0 Å². The summed E-state index contributed by atoms with van der Waals surface area (Å²) >= 11 is 1.54. The van der Waals surface area contributed by atoms with Crippen molar-refractivity contribution in [3.05, 3.63) is 35.8 Å². The van der Waals surface area contributed by atoms with Crippen LogP contribution in [0.4, 0.5) is 5.13 Å². The number of hydrogen-bond donors (Lipinski definition) is 1. The summed E-state index contributed by atoms with van der Waals surface area (Å²) in [4.78, 5) is 39.4. The minimum atomic E-state index is -0.108. The van der Waals surface area contributed by atoms with E-state index in [1.807, 2.05) is 12.3 Å². The lowest BCUT2D eigenvalue weighted by atomic mass is 9.81. The van der Waals surface area contributed by atoms with Crippen molar-refractivity contribution in [2.45, 2.75) is 52.0 Å². The summed E-state index contributed by atoms with van der Waals surface area (Å²) < 4.78 is 2.18. The third-order valence-electron chi connectivity index (χ3n) is 8.23. The van der Waals surface area contributed by atoms with Crippen LogP contribution in [0.1, 0.15) is 43.9 Å². The second-order valence-electron chi connectivity index (χ2n) is 10.9. The maximum atomic E-state index is 13.1. The van der Waals surface area contributed by atoms with Crippen LogP contribution < -0.4 is 5.32 Å². The molecule has 1 saturated carbocycles. The smallest absolute Gasteiger partial charge is 0.225 e.